The fourth-order valence-corrected chi connectivity index (χ4v) is 2.14. The van der Waals surface area contributed by atoms with E-state index < -0.39 is 0 Å². The number of nitrogens with one attached hydrogen (secondary N) is 1. The van der Waals surface area contributed by atoms with E-state index >= 15 is 0 Å². The van der Waals surface area contributed by atoms with Gasteiger partial charge in [0.1, 0.15) is 6.04 Å². The molecule has 1 aromatic heterocycles. The van der Waals surface area contributed by atoms with Crippen molar-refractivity contribution >= 4 is 18.3 Å². The first kappa shape index (κ1) is 14.0. The van der Waals surface area contributed by atoms with Crippen LogP contribution in [0.15, 0.2) is 12.4 Å². The highest BCUT2D eigenvalue weighted by Crippen LogP contribution is 2.18. The predicted molar refractivity (Wildman–Crippen MR) is 68.1 cm³/mol. The SMILES string of the molecule is CNC(C(=O)N1CCCC1)c1cnn(C)c1.Cl. The number of carbonyl (C=O) groups excluding carboxylic acids is 1. The molecule has 1 aliphatic heterocycles. The number of halogens is 1. The Morgan fingerprint density at radius 2 is 2.12 bits per heavy atom. The van der Waals surface area contributed by atoms with Crippen LogP contribution in [0, 0.1) is 0 Å². The minimum Gasteiger partial charge on any atom is -0.341 e. The molecule has 0 aromatic carbocycles. The van der Waals surface area contributed by atoms with Crippen LogP contribution in [0.2, 0.25) is 0 Å². The molecule has 1 amide bonds. The zero-order valence-electron chi connectivity index (χ0n) is 10.2. The van der Waals surface area contributed by atoms with Crippen LogP contribution in [-0.2, 0) is 11.8 Å². The molecule has 1 aliphatic rings. The molecule has 0 radical (unpaired) electrons. The van der Waals surface area contributed by atoms with Gasteiger partial charge >= 0.3 is 0 Å². The number of amides is 1. The van der Waals surface area contributed by atoms with Crippen LogP contribution in [0.25, 0.3) is 0 Å². The second-order valence-corrected chi connectivity index (χ2v) is 4.20. The number of hydrogen-bond acceptors (Lipinski definition) is 3. The zero-order valence-corrected chi connectivity index (χ0v) is 11.0. The molecule has 1 N–H and O–H groups in total. The van der Waals surface area contributed by atoms with E-state index in [1.165, 1.54) is 0 Å². The van der Waals surface area contributed by atoms with Crippen LogP contribution < -0.4 is 5.32 Å². The van der Waals surface area contributed by atoms with Gasteiger partial charge in [-0.15, -0.1) is 12.4 Å². The number of aromatic nitrogens is 2. The van der Waals surface area contributed by atoms with Gasteiger partial charge in [-0.2, -0.15) is 5.10 Å². The van der Waals surface area contributed by atoms with E-state index in [9.17, 15) is 4.79 Å². The number of nitrogens with zero attached hydrogens (tertiary/aromatic N) is 3. The summed E-state index contributed by atoms with van der Waals surface area (Å²) >= 11 is 0. The normalized spacial score (nSPS) is 16.7. The monoisotopic (exact) mass is 258 g/mol. The van der Waals surface area contributed by atoms with Gasteiger partial charge in [0, 0.05) is 31.9 Å². The largest absolute Gasteiger partial charge is 0.341 e. The van der Waals surface area contributed by atoms with Gasteiger partial charge < -0.3 is 10.2 Å². The fourth-order valence-electron chi connectivity index (χ4n) is 2.14. The molecule has 1 aromatic rings. The van der Waals surface area contributed by atoms with Crippen molar-refractivity contribution in [1.82, 2.24) is 20.0 Å². The molecule has 0 bridgehead atoms. The van der Waals surface area contributed by atoms with Crippen molar-refractivity contribution in [1.29, 1.82) is 0 Å². The first-order chi connectivity index (χ1) is 7.72. The molecule has 17 heavy (non-hydrogen) atoms. The van der Waals surface area contributed by atoms with Crippen molar-refractivity contribution in [3.05, 3.63) is 18.0 Å². The summed E-state index contributed by atoms with van der Waals surface area (Å²) in [6.45, 7) is 1.77. The lowest BCUT2D eigenvalue weighted by Gasteiger charge is -2.21. The molecule has 1 saturated heterocycles. The lowest BCUT2D eigenvalue weighted by atomic mass is 10.1. The molecule has 1 fully saturated rings. The first-order valence-corrected chi connectivity index (χ1v) is 5.67. The molecule has 2 heterocycles. The Morgan fingerprint density at radius 3 is 2.59 bits per heavy atom. The topological polar surface area (TPSA) is 50.2 Å². The summed E-state index contributed by atoms with van der Waals surface area (Å²) in [6.07, 6.45) is 5.87. The number of carbonyl (C=O) groups is 1. The van der Waals surface area contributed by atoms with E-state index in [1.807, 2.05) is 25.2 Å². The van der Waals surface area contributed by atoms with E-state index in [0.29, 0.717) is 0 Å². The molecule has 5 nitrogen and oxygen atoms in total. The average Bonchev–Trinajstić information content (AvgIpc) is 2.90. The van der Waals surface area contributed by atoms with E-state index in [4.69, 9.17) is 0 Å². The lowest BCUT2D eigenvalue weighted by Crippen LogP contribution is -2.37. The number of likely N-dealkylation sites (tertiary alicyclic amines) is 1. The number of likely N-dealkylation sites (N-methyl/N-ethyl adjacent to an activating group) is 1. The van der Waals surface area contributed by atoms with Gasteiger partial charge in [-0.25, -0.2) is 0 Å². The van der Waals surface area contributed by atoms with Crippen molar-refractivity contribution in [2.75, 3.05) is 20.1 Å². The van der Waals surface area contributed by atoms with Crippen molar-refractivity contribution in [2.24, 2.45) is 7.05 Å². The van der Waals surface area contributed by atoms with E-state index in [1.54, 1.807) is 10.9 Å². The summed E-state index contributed by atoms with van der Waals surface area (Å²) in [5.74, 6) is 0.160. The van der Waals surface area contributed by atoms with Crippen LogP contribution >= 0.6 is 12.4 Å². The second kappa shape index (κ2) is 6.02. The second-order valence-electron chi connectivity index (χ2n) is 4.20. The molecule has 0 aliphatic carbocycles. The minimum absolute atomic E-state index is 0. The molecule has 1 unspecified atom stereocenters. The lowest BCUT2D eigenvalue weighted by molar-refractivity contribution is -0.132. The molecular formula is C11H19ClN4O. The summed E-state index contributed by atoms with van der Waals surface area (Å²) in [7, 11) is 3.67. The maximum atomic E-state index is 12.2. The van der Waals surface area contributed by atoms with Crippen LogP contribution in [0.3, 0.4) is 0 Å². The highest BCUT2D eigenvalue weighted by molar-refractivity contribution is 5.85. The molecular weight excluding hydrogens is 240 g/mol. The maximum Gasteiger partial charge on any atom is 0.244 e. The van der Waals surface area contributed by atoms with Crippen LogP contribution in [0.1, 0.15) is 24.4 Å². The Morgan fingerprint density at radius 1 is 1.47 bits per heavy atom. The number of hydrogen-bond donors (Lipinski definition) is 1. The molecule has 0 spiro atoms. The third kappa shape index (κ3) is 2.98. The van der Waals surface area contributed by atoms with Gasteiger partial charge in [-0.05, 0) is 19.9 Å². The van der Waals surface area contributed by atoms with E-state index in [2.05, 4.69) is 10.4 Å². The standard InChI is InChI=1S/C11H18N4O.ClH/c1-12-10(9-7-13-14(2)8-9)11(16)15-5-3-4-6-15;/h7-8,10,12H,3-6H2,1-2H3;1H. The predicted octanol–water partition coefficient (Wildman–Crippen LogP) is 0.725. The Labute approximate surface area is 108 Å². The smallest absolute Gasteiger partial charge is 0.244 e. The van der Waals surface area contributed by atoms with E-state index in [-0.39, 0.29) is 24.4 Å². The highest BCUT2D eigenvalue weighted by atomic mass is 35.5. The first-order valence-electron chi connectivity index (χ1n) is 5.67. The summed E-state index contributed by atoms with van der Waals surface area (Å²) in [6, 6.07) is -0.258. The third-order valence-electron chi connectivity index (χ3n) is 3.01. The fraction of sp³-hybridized carbons (Fsp3) is 0.636. The van der Waals surface area contributed by atoms with Gasteiger partial charge in [0.05, 0.1) is 6.20 Å². The molecule has 2 rings (SSSR count). The van der Waals surface area contributed by atoms with Crippen LogP contribution in [0.5, 0.6) is 0 Å². The summed E-state index contributed by atoms with van der Waals surface area (Å²) < 4.78 is 1.72. The summed E-state index contributed by atoms with van der Waals surface area (Å²) in [5.41, 5.74) is 0.932. The van der Waals surface area contributed by atoms with Gasteiger partial charge in [-0.3, -0.25) is 9.48 Å². The average molecular weight is 259 g/mol. The minimum atomic E-state index is -0.258. The van der Waals surface area contributed by atoms with Crippen molar-refractivity contribution in [2.45, 2.75) is 18.9 Å². The number of aryl methyl sites for hydroxylation is 1. The number of rotatable bonds is 3. The Balaban J connectivity index is 0.00000144. The van der Waals surface area contributed by atoms with Gasteiger partial charge in [0.2, 0.25) is 5.91 Å². The Kier molecular flexibility index (Phi) is 4.96. The summed E-state index contributed by atoms with van der Waals surface area (Å²) in [5, 5.41) is 7.16. The van der Waals surface area contributed by atoms with Crippen molar-refractivity contribution in [3.63, 3.8) is 0 Å². The maximum absolute atomic E-state index is 12.2. The highest BCUT2D eigenvalue weighted by Gasteiger charge is 2.27. The van der Waals surface area contributed by atoms with Crippen molar-refractivity contribution in [3.8, 4) is 0 Å². The van der Waals surface area contributed by atoms with Crippen molar-refractivity contribution < 1.29 is 4.79 Å². The molecule has 0 saturated carbocycles. The van der Waals surface area contributed by atoms with Crippen LogP contribution in [0.4, 0.5) is 0 Å². The third-order valence-corrected chi connectivity index (χ3v) is 3.01. The van der Waals surface area contributed by atoms with Gasteiger partial charge in [-0.1, -0.05) is 0 Å². The Bertz CT molecular complexity index is 373. The van der Waals surface area contributed by atoms with Crippen LogP contribution in [-0.4, -0.2) is 40.7 Å². The van der Waals surface area contributed by atoms with Gasteiger partial charge in [0.15, 0.2) is 0 Å². The molecule has 1 atom stereocenters. The molecule has 96 valence electrons. The summed E-state index contributed by atoms with van der Waals surface area (Å²) in [4.78, 5) is 14.1. The molecule has 6 heteroatoms. The van der Waals surface area contributed by atoms with Gasteiger partial charge in [0.25, 0.3) is 0 Å². The Hall–Kier alpha value is -1.07. The van der Waals surface area contributed by atoms with E-state index in [0.717, 1.165) is 31.5 Å². The quantitative estimate of drug-likeness (QED) is 0.870. The zero-order chi connectivity index (χ0) is 11.5.